The first kappa shape index (κ1) is 19.6. The lowest BCUT2D eigenvalue weighted by Gasteiger charge is -2.35. The zero-order valence-corrected chi connectivity index (χ0v) is 16.1. The van der Waals surface area contributed by atoms with Gasteiger partial charge in [0.05, 0.1) is 9.82 Å². The van der Waals surface area contributed by atoms with E-state index in [2.05, 4.69) is 4.72 Å². The third kappa shape index (κ3) is 4.39. The number of aryl methyl sites for hydroxylation is 1. The second kappa shape index (κ2) is 7.85. The zero-order chi connectivity index (χ0) is 20.3. The number of piperazine rings is 1. The largest absolute Gasteiger partial charge is 0.368 e. The first-order valence-corrected chi connectivity index (χ1v) is 10.1. The minimum Gasteiger partial charge on any atom is -0.368 e. The minimum absolute atomic E-state index is 0.0167. The minimum atomic E-state index is -3.92. The van der Waals surface area contributed by atoms with Crippen molar-refractivity contribution in [3.05, 3.63) is 64.2 Å². The average molecular weight is 404 g/mol. The van der Waals surface area contributed by atoms with Gasteiger partial charge in [-0.1, -0.05) is 17.7 Å². The van der Waals surface area contributed by atoms with E-state index in [1.165, 1.54) is 29.2 Å². The van der Waals surface area contributed by atoms with Gasteiger partial charge in [-0.15, -0.1) is 0 Å². The number of anilines is 1. The molecule has 2 aromatic carbocycles. The number of nitro groups is 1. The van der Waals surface area contributed by atoms with Crippen molar-refractivity contribution in [2.24, 2.45) is 0 Å². The molecule has 1 aliphatic rings. The molecule has 148 valence electrons. The summed E-state index contributed by atoms with van der Waals surface area (Å²) in [5.74, 6) is 0. The van der Waals surface area contributed by atoms with Crippen LogP contribution in [0.2, 0.25) is 0 Å². The van der Waals surface area contributed by atoms with Crippen molar-refractivity contribution in [1.29, 1.82) is 0 Å². The SMILES string of the molecule is Cc1ccc(S(=O)(=O)NC(=O)N2CCN(c3ccc([N+](=O)[O-])cc3)CC2)cc1. The van der Waals surface area contributed by atoms with Crippen LogP contribution in [-0.2, 0) is 10.0 Å². The molecule has 1 aliphatic heterocycles. The molecular formula is C18H20N4O5S. The number of rotatable bonds is 4. The molecule has 0 saturated carbocycles. The second-order valence-corrected chi connectivity index (χ2v) is 8.15. The van der Waals surface area contributed by atoms with Crippen molar-refractivity contribution in [3.63, 3.8) is 0 Å². The van der Waals surface area contributed by atoms with Crippen LogP contribution in [0.4, 0.5) is 16.2 Å². The van der Waals surface area contributed by atoms with E-state index in [9.17, 15) is 23.3 Å². The number of non-ortho nitro benzene ring substituents is 1. The Morgan fingerprint density at radius 1 is 1.00 bits per heavy atom. The number of sulfonamides is 1. The highest BCUT2D eigenvalue weighted by Crippen LogP contribution is 2.21. The van der Waals surface area contributed by atoms with Gasteiger partial charge in [0, 0.05) is 44.0 Å². The molecule has 0 bridgehead atoms. The molecule has 0 spiro atoms. The topological polar surface area (TPSA) is 113 Å². The van der Waals surface area contributed by atoms with E-state index < -0.39 is 21.0 Å². The quantitative estimate of drug-likeness (QED) is 0.617. The molecule has 0 radical (unpaired) electrons. The van der Waals surface area contributed by atoms with E-state index in [4.69, 9.17) is 0 Å². The molecule has 28 heavy (non-hydrogen) atoms. The van der Waals surface area contributed by atoms with Crippen LogP contribution in [0.5, 0.6) is 0 Å². The van der Waals surface area contributed by atoms with Crippen LogP contribution >= 0.6 is 0 Å². The van der Waals surface area contributed by atoms with Gasteiger partial charge >= 0.3 is 6.03 Å². The number of carbonyl (C=O) groups is 1. The molecule has 1 saturated heterocycles. The highest BCUT2D eigenvalue weighted by atomic mass is 32.2. The van der Waals surface area contributed by atoms with Crippen molar-refractivity contribution in [2.75, 3.05) is 31.1 Å². The average Bonchev–Trinajstić information content (AvgIpc) is 2.68. The third-order valence-electron chi connectivity index (χ3n) is 4.55. The first-order valence-electron chi connectivity index (χ1n) is 8.64. The van der Waals surface area contributed by atoms with E-state index in [1.807, 2.05) is 11.8 Å². The number of hydrogen-bond acceptors (Lipinski definition) is 6. The fourth-order valence-electron chi connectivity index (χ4n) is 2.91. The molecule has 1 fully saturated rings. The van der Waals surface area contributed by atoms with Crippen LogP contribution in [-0.4, -0.2) is 50.5 Å². The van der Waals surface area contributed by atoms with Crippen LogP contribution in [0.25, 0.3) is 0 Å². The monoisotopic (exact) mass is 404 g/mol. The van der Waals surface area contributed by atoms with Crippen LogP contribution < -0.4 is 9.62 Å². The number of carbonyl (C=O) groups excluding carboxylic acids is 1. The van der Waals surface area contributed by atoms with Crippen molar-refractivity contribution in [3.8, 4) is 0 Å². The maximum Gasteiger partial charge on any atom is 0.331 e. The maximum absolute atomic E-state index is 12.4. The Morgan fingerprint density at radius 2 is 1.57 bits per heavy atom. The van der Waals surface area contributed by atoms with Crippen LogP contribution in [0.3, 0.4) is 0 Å². The summed E-state index contributed by atoms with van der Waals surface area (Å²) in [6, 6.07) is 11.8. The Labute approximate surface area is 162 Å². The summed E-state index contributed by atoms with van der Waals surface area (Å²) in [4.78, 5) is 26.1. The smallest absolute Gasteiger partial charge is 0.331 e. The highest BCUT2D eigenvalue weighted by molar-refractivity contribution is 7.90. The van der Waals surface area contributed by atoms with Gasteiger partial charge in [0.2, 0.25) is 0 Å². The summed E-state index contributed by atoms with van der Waals surface area (Å²) in [6.07, 6.45) is 0. The Bertz CT molecular complexity index is 966. The molecular weight excluding hydrogens is 384 g/mol. The first-order chi connectivity index (χ1) is 13.3. The fraction of sp³-hybridized carbons (Fsp3) is 0.278. The van der Waals surface area contributed by atoms with Gasteiger partial charge in [-0.3, -0.25) is 10.1 Å². The van der Waals surface area contributed by atoms with E-state index >= 15 is 0 Å². The lowest BCUT2D eigenvalue weighted by molar-refractivity contribution is -0.384. The molecule has 2 aromatic rings. The van der Waals surface area contributed by atoms with Crippen LogP contribution in [0, 0.1) is 17.0 Å². The summed E-state index contributed by atoms with van der Waals surface area (Å²) in [5.41, 5.74) is 1.76. The maximum atomic E-state index is 12.4. The summed E-state index contributed by atoms with van der Waals surface area (Å²) in [7, 11) is -3.92. The van der Waals surface area contributed by atoms with Crippen LogP contribution in [0.15, 0.2) is 53.4 Å². The third-order valence-corrected chi connectivity index (χ3v) is 5.88. The van der Waals surface area contributed by atoms with Crippen molar-refractivity contribution in [2.45, 2.75) is 11.8 Å². The fourth-order valence-corrected chi connectivity index (χ4v) is 3.88. The number of amides is 2. The molecule has 1 heterocycles. The molecule has 9 nitrogen and oxygen atoms in total. The number of urea groups is 1. The number of nitro benzene ring substituents is 1. The Hall–Kier alpha value is -3.14. The van der Waals surface area contributed by atoms with Crippen molar-refractivity contribution in [1.82, 2.24) is 9.62 Å². The standard InChI is InChI=1S/C18H20N4O5S/c1-14-2-8-17(9-3-14)28(26,27)19-18(23)21-12-10-20(11-13-21)15-4-6-16(7-5-15)22(24)25/h2-9H,10-13H2,1H3,(H,19,23). The molecule has 3 rings (SSSR count). The van der Waals surface area contributed by atoms with Gasteiger partial charge in [-0.2, -0.15) is 0 Å². The molecule has 0 unspecified atom stereocenters. The second-order valence-electron chi connectivity index (χ2n) is 6.47. The van der Waals surface area contributed by atoms with Gasteiger partial charge in [0.15, 0.2) is 0 Å². The number of nitrogens with one attached hydrogen (secondary N) is 1. The van der Waals surface area contributed by atoms with E-state index in [0.29, 0.717) is 26.2 Å². The summed E-state index contributed by atoms with van der Waals surface area (Å²) in [6.45, 7) is 3.52. The lowest BCUT2D eigenvalue weighted by atomic mass is 10.2. The van der Waals surface area contributed by atoms with Gasteiger partial charge < -0.3 is 9.80 Å². The van der Waals surface area contributed by atoms with Gasteiger partial charge in [-0.05, 0) is 31.2 Å². The molecule has 10 heteroatoms. The molecule has 0 atom stereocenters. The predicted molar refractivity (Wildman–Crippen MR) is 104 cm³/mol. The van der Waals surface area contributed by atoms with E-state index in [1.54, 1.807) is 24.3 Å². The molecule has 0 aliphatic carbocycles. The number of hydrogen-bond donors (Lipinski definition) is 1. The number of nitrogens with zero attached hydrogens (tertiary/aromatic N) is 3. The Kier molecular flexibility index (Phi) is 5.50. The molecule has 0 aromatic heterocycles. The summed E-state index contributed by atoms with van der Waals surface area (Å²) in [5, 5.41) is 10.7. The normalized spacial score (nSPS) is 14.6. The molecule has 1 N–H and O–H groups in total. The summed E-state index contributed by atoms with van der Waals surface area (Å²) < 4.78 is 26.8. The van der Waals surface area contributed by atoms with E-state index in [0.717, 1.165) is 11.3 Å². The molecule has 2 amide bonds. The number of benzene rings is 2. The van der Waals surface area contributed by atoms with Gasteiger partial charge in [0.1, 0.15) is 0 Å². The predicted octanol–water partition coefficient (Wildman–Crippen LogP) is 2.12. The van der Waals surface area contributed by atoms with Gasteiger partial charge in [-0.25, -0.2) is 17.9 Å². The Morgan fingerprint density at radius 3 is 2.11 bits per heavy atom. The van der Waals surface area contributed by atoms with Crippen molar-refractivity contribution >= 4 is 27.4 Å². The Balaban J connectivity index is 1.59. The summed E-state index contributed by atoms with van der Waals surface area (Å²) >= 11 is 0. The zero-order valence-electron chi connectivity index (χ0n) is 15.2. The van der Waals surface area contributed by atoms with Gasteiger partial charge in [0.25, 0.3) is 15.7 Å². The lowest BCUT2D eigenvalue weighted by Crippen LogP contribution is -2.52. The van der Waals surface area contributed by atoms with E-state index in [-0.39, 0.29) is 10.6 Å². The van der Waals surface area contributed by atoms with Crippen molar-refractivity contribution < 1.29 is 18.1 Å². The highest BCUT2D eigenvalue weighted by Gasteiger charge is 2.25. The van der Waals surface area contributed by atoms with Crippen LogP contribution in [0.1, 0.15) is 5.56 Å².